The van der Waals surface area contributed by atoms with Gasteiger partial charge in [0.15, 0.2) is 5.78 Å². The Labute approximate surface area is 135 Å². The van der Waals surface area contributed by atoms with Crippen LogP contribution in [0.1, 0.15) is 30.1 Å². The van der Waals surface area contributed by atoms with Gasteiger partial charge in [-0.2, -0.15) is 0 Å². The van der Waals surface area contributed by atoms with Crippen molar-refractivity contribution in [3.8, 4) is 0 Å². The summed E-state index contributed by atoms with van der Waals surface area (Å²) in [4.78, 5) is 23.7. The van der Waals surface area contributed by atoms with E-state index in [1.54, 1.807) is 12.1 Å². The highest BCUT2D eigenvalue weighted by molar-refractivity contribution is 6.04. The Hall–Kier alpha value is -2.88. The molecule has 2 aromatic rings. The molecule has 0 fully saturated rings. The van der Waals surface area contributed by atoms with Crippen molar-refractivity contribution in [1.82, 2.24) is 0 Å². The SMILES string of the molecule is CC1=C(Nc2ccc(C(=O)Nc3ccccc3)cc2)CCC1=O. The standard InChI is InChI=1S/C19H18N2O2/c1-13-17(11-12-18(13)22)20-16-9-7-14(8-10-16)19(23)21-15-5-3-2-4-6-15/h2-10,20H,11-12H2,1H3,(H,21,23). The number of carbonyl (C=O) groups is 2. The van der Waals surface area contributed by atoms with Gasteiger partial charge in [-0.15, -0.1) is 0 Å². The normalized spacial score (nSPS) is 14.0. The lowest BCUT2D eigenvalue weighted by molar-refractivity contribution is -0.114. The number of ketones is 1. The number of para-hydroxylation sites is 1. The lowest BCUT2D eigenvalue weighted by Gasteiger charge is -2.09. The van der Waals surface area contributed by atoms with E-state index in [2.05, 4.69) is 10.6 Å². The van der Waals surface area contributed by atoms with Crippen LogP contribution in [0.2, 0.25) is 0 Å². The molecule has 0 saturated heterocycles. The topological polar surface area (TPSA) is 58.2 Å². The zero-order chi connectivity index (χ0) is 16.2. The lowest BCUT2D eigenvalue weighted by Crippen LogP contribution is -2.11. The fraction of sp³-hybridized carbons (Fsp3) is 0.158. The van der Waals surface area contributed by atoms with Crippen LogP contribution in [0, 0.1) is 0 Å². The third kappa shape index (κ3) is 3.48. The minimum Gasteiger partial charge on any atom is -0.359 e. The molecule has 1 aliphatic rings. The van der Waals surface area contributed by atoms with E-state index in [0.29, 0.717) is 12.0 Å². The summed E-state index contributed by atoms with van der Waals surface area (Å²) in [5.41, 5.74) is 4.01. The molecule has 4 nitrogen and oxygen atoms in total. The molecule has 0 radical (unpaired) electrons. The number of Topliss-reactive ketones (excluding diaryl/α,β-unsaturated/α-hetero) is 1. The Morgan fingerprint density at radius 3 is 2.22 bits per heavy atom. The van der Waals surface area contributed by atoms with E-state index in [9.17, 15) is 9.59 Å². The van der Waals surface area contributed by atoms with E-state index in [1.165, 1.54) is 0 Å². The number of nitrogens with one attached hydrogen (secondary N) is 2. The molecule has 2 aromatic carbocycles. The molecular weight excluding hydrogens is 288 g/mol. The van der Waals surface area contributed by atoms with E-state index in [4.69, 9.17) is 0 Å². The molecule has 1 amide bonds. The molecule has 0 aromatic heterocycles. The van der Waals surface area contributed by atoms with Gasteiger partial charge in [-0.25, -0.2) is 0 Å². The highest BCUT2D eigenvalue weighted by Gasteiger charge is 2.19. The number of allylic oxidation sites excluding steroid dienone is 2. The highest BCUT2D eigenvalue weighted by Crippen LogP contribution is 2.24. The van der Waals surface area contributed by atoms with E-state index >= 15 is 0 Å². The Morgan fingerprint density at radius 1 is 0.913 bits per heavy atom. The second-order valence-corrected chi connectivity index (χ2v) is 5.55. The number of carbonyl (C=O) groups excluding carboxylic acids is 2. The minimum absolute atomic E-state index is 0.144. The largest absolute Gasteiger partial charge is 0.359 e. The van der Waals surface area contributed by atoms with Gasteiger partial charge in [-0.05, 0) is 49.7 Å². The number of rotatable bonds is 4. The quantitative estimate of drug-likeness (QED) is 0.898. The molecule has 0 aliphatic heterocycles. The maximum atomic E-state index is 12.2. The van der Waals surface area contributed by atoms with Crippen molar-refractivity contribution in [2.45, 2.75) is 19.8 Å². The molecule has 0 unspecified atom stereocenters. The molecule has 0 spiro atoms. The van der Waals surface area contributed by atoms with Crippen molar-refractivity contribution in [2.75, 3.05) is 10.6 Å². The van der Waals surface area contributed by atoms with E-state index in [1.807, 2.05) is 49.4 Å². The minimum atomic E-state index is -0.144. The number of hydrogen-bond donors (Lipinski definition) is 2. The molecule has 0 saturated carbocycles. The molecule has 1 aliphatic carbocycles. The van der Waals surface area contributed by atoms with Crippen LogP contribution in [0.25, 0.3) is 0 Å². The van der Waals surface area contributed by atoms with E-state index in [0.717, 1.165) is 29.1 Å². The van der Waals surface area contributed by atoms with Crippen LogP contribution in [-0.4, -0.2) is 11.7 Å². The van der Waals surface area contributed by atoms with Crippen molar-refractivity contribution in [2.24, 2.45) is 0 Å². The number of hydrogen-bond acceptors (Lipinski definition) is 3. The fourth-order valence-corrected chi connectivity index (χ4v) is 2.54. The molecule has 3 rings (SSSR count). The summed E-state index contributed by atoms with van der Waals surface area (Å²) in [7, 11) is 0. The summed E-state index contributed by atoms with van der Waals surface area (Å²) in [5.74, 6) is 0.0561. The summed E-state index contributed by atoms with van der Waals surface area (Å²) < 4.78 is 0. The number of benzene rings is 2. The van der Waals surface area contributed by atoms with Crippen molar-refractivity contribution < 1.29 is 9.59 Å². The van der Waals surface area contributed by atoms with Crippen LogP contribution in [0.15, 0.2) is 65.9 Å². The van der Waals surface area contributed by atoms with Gasteiger partial charge in [0.2, 0.25) is 0 Å². The first kappa shape index (κ1) is 15.0. The smallest absolute Gasteiger partial charge is 0.255 e. The molecule has 0 heterocycles. The predicted molar refractivity (Wildman–Crippen MR) is 91.4 cm³/mol. The van der Waals surface area contributed by atoms with Crippen LogP contribution in [-0.2, 0) is 4.79 Å². The van der Waals surface area contributed by atoms with Crippen LogP contribution in [0.3, 0.4) is 0 Å². The summed E-state index contributed by atoms with van der Waals surface area (Å²) in [6, 6.07) is 16.6. The van der Waals surface area contributed by atoms with Crippen molar-refractivity contribution in [3.63, 3.8) is 0 Å². The Morgan fingerprint density at radius 2 is 1.61 bits per heavy atom. The van der Waals surface area contributed by atoms with Crippen molar-refractivity contribution in [1.29, 1.82) is 0 Å². The zero-order valence-electron chi connectivity index (χ0n) is 12.9. The molecule has 0 atom stereocenters. The van der Waals surface area contributed by atoms with E-state index in [-0.39, 0.29) is 11.7 Å². The monoisotopic (exact) mass is 306 g/mol. The van der Waals surface area contributed by atoms with Gasteiger partial charge in [-0.3, -0.25) is 9.59 Å². The van der Waals surface area contributed by atoms with Crippen LogP contribution in [0.5, 0.6) is 0 Å². The molecule has 4 heteroatoms. The molecular formula is C19H18N2O2. The maximum absolute atomic E-state index is 12.2. The third-order valence-corrected chi connectivity index (χ3v) is 3.95. The maximum Gasteiger partial charge on any atom is 0.255 e. The van der Waals surface area contributed by atoms with Gasteiger partial charge >= 0.3 is 0 Å². The van der Waals surface area contributed by atoms with E-state index < -0.39 is 0 Å². The first-order valence-electron chi connectivity index (χ1n) is 7.60. The van der Waals surface area contributed by atoms with Gasteiger partial charge in [0.05, 0.1) is 0 Å². The Kier molecular flexibility index (Phi) is 4.24. The predicted octanol–water partition coefficient (Wildman–Crippen LogP) is 3.99. The highest BCUT2D eigenvalue weighted by atomic mass is 16.1. The van der Waals surface area contributed by atoms with Gasteiger partial charge in [-0.1, -0.05) is 18.2 Å². The third-order valence-electron chi connectivity index (χ3n) is 3.95. The summed E-state index contributed by atoms with van der Waals surface area (Å²) >= 11 is 0. The van der Waals surface area contributed by atoms with Gasteiger partial charge in [0.1, 0.15) is 0 Å². The van der Waals surface area contributed by atoms with Crippen molar-refractivity contribution in [3.05, 3.63) is 71.4 Å². The van der Waals surface area contributed by atoms with Crippen molar-refractivity contribution >= 4 is 23.1 Å². The Balaban J connectivity index is 1.67. The summed E-state index contributed by atoms with van der Waals surface area (Å²) in [6.45, 7) is 1.85. The van der Waals surface area contributed by atoms with Crippen LogP contribution >= 0.6 is 0 Å². The van der Waals surface area contributed by atoms with Gasteiger partial charge in [0.25, 0.3) is 5.91 Å². The lowest BCUT2D eigenvalue weighted by atomic mass is 10.1. The first-order valence-corrected chi connectivity index (χ1v) is 7.60. The fourth-order valence-electron chi connectivity index (χ4n) is 2.54. The molecule has 2 N–H and O–H groups in total. The summed E-state index contributed by atoms with van der Waals surface area (Å²) in [6.07, 6.45) is 1.33. The van der Waals surface area contributed by atoms with Crippen LogP contribution < -0.4 is 10.6 Å². The molecule has 0 bridgehead atoms. The first-order chi connectivity index (χ1) is 11.1. The summed E-state index contributed by atoms with van der Waals surface area (Å²) in [5, 5.41) is 6.11. The average molecular weight is 306 g/mol. The molecule has 23 heavy (non-hydrogen) atoms. The van der Waals surface area contributed by atoms with Gasteiger partial charge < -0.3 is 10.6 Å². The molecule has 116 valence electrons. The number of anilines is 2. The Bertz CT molecular complexity index is 762. The second-order valence-electron chi connectivity index (χ2n) is 5.55. The van der Waals surface area contributed by atoms with Gasteiger partial charge in [0, 0.05) is 34.6 Å². The second kappa shape index (κ2) is 6.48. The number of amides is 1. The zero-order valence-corrected chi connectivity index (χ0v) is 12.9. The van der Waals surface area contributed by atoms with Crippen LogP contribution in [0.4, 0.5) is 11.4 Å². The average Bonchev–Trinajstić information content (AvgIpc) is 2.88.